The van der Waals surface area contributed by atoms with E-state index in [4.69, 9.17) is 0 Å². The van der Waals surface area contributed by atoms with Gasteiger partial charge in [0.15, 0.2) is 0 Å². The molecule has 0 aromatic heterocycles. The molecule has 6 heteroatoms. The standard InChI is InChI=1S/C22H46O4S.Na/c1-3-4-5-6-7-8-9-10-11-12-13-16-19-22(27(24,25)26)20-17-14-15-18-21(2)23;/h21-23H,3-20H2,1-2H3,(H,24,25,26);/q;+1/p-1. The number of hydrogen-bond acceptors (Lipinski definition) is 4. The third kappa shape index (κ3) is 21.6. The van der Waals surface area contributed by atoms with Crippen LogP contribution in [0.15, 0.2) is 0 Å². The first-order chi connectivity index (χ1) is 12.9. The van der Waals surface area contributed by atoms with Crippen molar-refractivity contribution in [3.63, 3.8) is 0 Å². The average Bonchev–Trinajstić information content (AvgIpc) is 2.59. The van der Waals surface area contributed by atoms with Crippen LogP contribution < -0.4 is 29.6 Å². The molecule has 0 aliphatic carbocycles. The molecular formula is C22H45NaO4S. The van der Waals surface area contributed by atoms with Crippen LogP contribution in [0, 0.1) is 0 Å². The van der Waals surface area contributed by atoms with Gasteiger partial charge in [0.1, 0.15) is 0 Å². The number of hydrogen-bond donors (Lipinski definition) is 1. The molecule has 0 aromatic rings. The summed E-state index contributed by atoms with van der Waals surface area (Å²) in [7, 11) is -4.18. The zero-order valence-electron chi connectivity index (χ0n) is 19.0. The van der Waals surface area contributed by atoms with E-state index in [1.54, 1.807) is 6.92 Å². The van der Waals surface area contributed by atoms with Crippen molar-refractivity contribution in [2.24, 2.45) is 0 Å². The molecule has 4 nitrogen and oxygen atoms in total. The van der Waals surface area contributed by atoms with E-state index < -0.39 is 15.4 Å². The van der Waals surface area contributed by atoms with Crippen LogP contribution in [-0.2, 0) is 10.1 Å². The molecular weight excluding hydrogens is 383 g/mol. The zero-order valence-corrected chi connectivity index (χ0v) is 21.8. The Hall–Kier alpha value is 0.870. The summed E-state index contributed by atoms with van der Waals surface area (Å²) >= 11 is 0. The van der Waals surface area contributed by atoms with E-state index in [-0.39, 0.29) is 35.7 Å². The first-order valence-electron chi connectivity index (χ1n) is 11.5. The Morgan fingerprint density at radius 1 is 0.679 bits per heavy atom. The van der Waals surface area contributed by atoms with Crippen molar-refractivity contribution in [1.29, 1.82) is 0 Å². The molecule has 0 amide bonds. The van der Waals surface area contributed by atoms with Gasteiger partial charge in [-0.1, -0.05) is 103 Å². The van der Waals surface area contributed by atoms with E-state index in [2.05, 4.69) is 6.92 Å². The van der Waals surface area contributed by atoms with E-state index >= 15 is 0 Å². The Kier molecular flexibility index (Phi) is 23.4. The number of aliphatic hydroxyl groups excluding tert-OH is 1. The molecule has 164 valence electrons. The molecule has 2 atom stereocenters. The van der Waals surface area contributed by atoms with Crippen LogP contribution in [0.2, 0.25) is 0 Å². The molecule has 1 N–H and O–H groups in total. The van der Waals surface area contributed by atoms with Crippen LogP contribution in [0.25, 0.3) is 0 Å². The summed E-state index contributed by atoms with van der Waals surface area (Å²) in [5.41, 5.74) is 0. The fourth-order valence-corrected chi connectivity index (χ4v) is 4.55. The van der Waals surface area contributed by atoms with Crippen LogP contribution in [0.1, 0.15) is 129 Å². The maximum absolute atomic E-state index is 11.4. The molecule has 0 radical (unpaired) electrons. The molecule has 0 saturated heterocycles. The first-order valence-corrected chi connectivity index (χ1v) is 13.0. The summed E-state index contributed by atoms with van der Waals surface area (Å²) in [5, 5.41) is 8.51. The van der Waals surface area contributed by atoms with Crippen molar-refractivity contribution in [2.45, 2.75) is 141 Å². The third-order valence-corrected chi connectivity index (χ3v) is 6.72. The molecule has 0 heterocycles. The summed E-state index contributed by atoms with van der Waals surface area (Å²) in [6.45, 7) is 4.01. The maximum atomic E-state index is 11.4. The molecule has 0 aromatic carbocycles. The van der Waals surface area contributed by atoms with Crippen molar-refractivity contribution >= 4 is 10.1 Å². The molecule has 0 aliphatic rings. The Morgan fingerprint density at radius 3 is 1.36 bits per heavy atom. The Labute approximate surface area is 197 Å². The van der Waals surface area contributed by atoms with Gasteiger partial charge >= 0.3 is 29.6 Å². The van der Waals surface area contributed by atoms with Crippen LogP contribution >= 0.6 is 0 Å². The van der Waals surface area contributed by atoms with Gasteiger partial charge < -0.3 is 9.66 Å². The van der Waals surface area contributed by atoms with Gasteiger partial charge in [-0.25, -0.2) is 8.42 Å². The smallest absolute Gasteiger partial charge is 0.748 e. The minimum absolute atomic E-state index is 0. The second kappa shape index (κ2) is 21.1. The monoisotopic (exact) mass is 428 g/mol. The summed E-state index contributed by atoms with van der Waals surface area (Å²) in [6.07, 6.45) is 18.9. The average molecular weight is 429 g/mol. The molecule has 0 spiro atoms. The third-order valence-electron chi connectivity index (χ3n) is 5.44. The summed E-state index contributed by atoms with van der Waals surface area (Å²) in [4.78, 5) is 0. The number of unbranched alkanes of at least 4 members (excludes halogenated alkanes) is 13. The van der Waals surface area contributed by atoms with Crippen LogP contribution in [0.3, 0.4) is 0 Å². The van der Waals surface area contributed by atoms with Gasteiger partial charge in [0.2, 0.25) is 0 Å². The largest absolute Gasteiger partial charge is 1.00 e. The van der Waals surface area contributed by atoms with Gasteiger partial charge in [-0.3, -0.25) is 0 Å². The number of rotatable bonds is 20. The summed E-state index contributed by atoms with van der Waals surface area (Å²) in [5.74, 6) is 0. The normalized spacial score (nSPS) is 13.9. The maximum Gasteiger partial charge on any atom is 1.00 e. The predicted molar refractivity (Wildman–Crippen MR) is 114 cm³/mol. The van der Waals surface area contributed by atoms with Crippen molar-refractivity contribution in [3.05, 3.63) is 0 Å². The Balaban J connectivity index is 0. The van der Waals surface area contributed by atoms with Crippen molar-refractivity contribution in [3.8, 4) is 0 Å². The summed E-state index contributed by atoms with van der Waals surface area (Å²) < 4.78 is 34.3. The minimum Gasteiger partial charge on any atom is -0.748 e. The molecule has 2 unspecified atom stereocenters. The SMILES string of the molecule is CCCCCCCCCCCCCCC(CCCCCC(C)O)S(=O)(=O)[O-].[Na+]. The van der Waals surface area contributed by atoms with E-state index in [0.717, 1.165) is 44.9 Å². The first kappa shape index (κ1) is 31.1. The molecule has 0 aliphatic heterocycles. The van der Waals surface area contributed by atoms with E-state index in [9.17, 15) is 18.1 Å². The van der Waals surface area contributed by atoms with Gasteiger partial charge in [0.05, 0.1) is 16.2 Å². The van der Waals surface area contributed by atoms with Gasteiger partial charge in [0, 0.05) is 5.25 Å². The minimum atomic E-state index is -4.18. The topological polar surface area (TPSA) is 77.4 Å². The van der Waals surface area contributed by atoms with Gasteiger partial charge in [0.25, 0.3) is 0 Å². The van der Waals surface area contributed by atoms with Gasteiger partial charge in [-0.05, 0) is 26.2 Å². The fraction of sp³-hybridized carbons (Fsp3) is 1.00. The predicted octanol–water partition coefficient (Wildman–Crippen LogP) is 3.33. The zero-order chi connectivity index (χ0) is 20.4. The quantitative estimate of drug-likeness (QED) is 0.183. The van der Waals surface area contributed by atoms with Crippen molar-refractivity contribution in [2.75, 3.05) is 0 Å². The molecule has 0 bridgehead atoms. The van der Waals surface area contributed by atoms with E-state index in [0.29, 0.717) is 12.8 Å². The number of aliphatic hydroxyl groups is 1. The van der Waals surface area contributed by atoms with Crippen LogP contribution in [0.4, 0.5) is 0 Å². The van der Waals surface area contributed by atoms with Crippen molar-refractivity contribution in [1.82, 2.24) is 0 Å². The fourth-order valence-electron chi connectivity index (χ4n) is 3.63. The second-order valence-electron chi connectivity index (χ2n) is 8.28. The Bertz CT molecular complexity index is 413. The van der Waals surface area contributed by atoms with E-state index in [1.807, 2.05) is 0 Å². The molecule has 28 heavy (non-hydrogen) atoms. The van der Waals surface area contributed by atoms with Gasteiger partial charge in [-0.15, -0.1) is 0 Å². The molecule has 0 rings (SSSR count). The molecule has 0 saturated carbocycles. The Morgan fingerprint density at radius 2 is 1.00 bits per heavy atom. The molecule has 0 fully saturated rings. The van der Waals surface area contributed by atoms with Gasteiger partial charge in [-0.2, -0.15) is 0 Å². The van der Waals surface area contributed by atoms with E-state index in [1.165, 1.54) is 57.8 Å². The van der Waals surface area contributed by atoms with Crippen molar-refractivity contribution < 1.29 is 47.6 Å². The summed E-state index contributed by atoms with van der Waals surface area (Å²) in [6, 6.07) is 0. The van der Waals surface area contributed by atoms with Crippen LogP contribution in [-0.4, -0.2) is 29.4 Å². The van der Waals surface area contributed by atoms with Crippen LogP contribution in [0.5, 0.6) is 0 Å². The second-order valence-corrected chi connectivity index (χ2v) is 9.93.